The van der Waals surface area contributed by atoms with Crippen molar-refractivity contribution in [1.29, 1.82) is 0 Å². The van der Waals surface area contributed by atoms with Gasteiger partial charge < -0.3 is 0 Å². The van der Waals surface area contributed by atoms with Crippen molar-refractivity contribution in [2.45, 2.75) is 0 Å². The second-order valence-electron chi connectivity index (χ2n) is 4.02. The molecule has 0 fully saturated rings. The molecule has 0 aliphatic rings. The highest BCUT2D eigenvalue weighted by molar-refractivity contribution is 6.33. The highest BCUT2D eigenvalue weighted by Gasteiger charge is 2.07. The van der Waals surface area contributed by atoms with Crippen LogP contribution in [-0.2, 0) is 0 Å². The Balaban J connectivity index is 2.22. The third kappa shape index (κ3) is 1.95. The van der Waals surface area contributed by atoms with E-state index >= 15 is 0 Å². The van der Waals surface area contributed by atoms with Crippen molar-refractivity contribution in [3.8, 4) is 11.3 Å². The second kappa shape index (κ2) is 4.39. The molecule has 0 bridgehead atoms. The molecule has 2 aromatic carbocycles. The van der Waals surface area contributed by atoms with Crippen molar-refractivity contribution in [2.24, 2.45) is 0 Å². The zero-order chi connectivity index (χ0) is 12.5. The number of benzene rings is 2. The summed E-state index contributed by atoms with van der Waals surface area (Å²) in [6.45, 7) is 0. The predicted molar refractivity (Wildman–Crippen MR) is 72.1 cm³/mol. The molecule has 0 amide bonds. The minimum absolute atomic E-state index is 0.268. The molecule has 0 atom stereocenters. The Hall–Kier alpha value is -1.93. The van der Waals surface area contributed by atoms with Gasteiger partial charge in [0.15, 0.2) is 0 Å². The maximum Gasteiger partial charge on any atom is 0.123 e. The molecule has 18 heavy (non-hydrogen) atoms. The van der Waals surface area contributed by atoms with Gasteiger partial charge in [-0.15, -0.1) is 0 Å². The van der Waals surface area contributed by atoms with Gasteiger partial charge in [0.25, 0.3) is 0 Å². The Morgan fingerprint density at radius 2 is 1.67 bits per heavy atom. The van der Waals surface area contributed by atoms with Crippen molar-refractivity contribution in [1.82, 2.24) is 4.98 Å². The second-order valence-corrected chi connectivity index (χ2v) is 4.43. The zero-order valence-electron chi connectivity index (χ0n) is 9.40. The molecule has 1 nitrogen and oxygen atoms in total. The number of hydrogen-bond donors (Lipinski definition) is 0. The van der Waals surface area contributed by atoms with E-state index in [1.165, 1.54) is 12.1 Å². The van der Waals surface area contributed by atoms with E-state index < -0.39 is 0 Å². The number of nitrogens with zero attached hydrogens (tertiary/aromatic N) is 1. The largest absolute Gasteiger partial charge is 0.246 e. The highest BCUT2D eigenvalue weighted by atomic mass is 35.5. The van der Waals surface area contributed by atoms with Crippen LogP contribution in [0.5, 0.6) is 0 Å². The molecule has 0 aliphatic carbocycles. The van der Waals surface area contributed by atoms with Crippen LogP contribution in [0, 0.1) is 5.82 Å². The van der Waals surface area contributed by atoms with Crippen LogP contribution >= 0.6 is 11.6 Å². The summed E-state index contributed by atoms with van der Waals surface area (Å²) in [5.74, 6) is -0.268. The average Bonchev–Trinajstić information content (AvgIpc) is 2.39. The van der Waals surface area contributed by atoms with Crippen LogP contribution in [0.2, 0.25) is 5.02 Å². The fourth-order valence-corrected chi connectivity index (χ4v) is 2.17. The van der Waals surface area contributed by atoms with Gasteiger partial charge in [0.2, 0.25) is 0 Å². The van der Waals surface area contributed by atoms with Gasteiger partial charge in [0.05, 0.1) is 16.2 Å². The first-order valence-corrected chi connectivity index (χ1v) is 5.93. The molecule has 0 radical (unpaired) electrons. The van der Waals surface area contributed by atoms with Gasteiger partial charge >= 0.3 is 0 Å². The fraction of sp³-hybridized carbons (Fsp3) is 0. The molecule has 1 heterocycles. The summed E-state index contributed by atoms with van der Waals surface area (Å²) < 4.78 is 12.9. The van der Waals surface area contributed by atoms with Gasteiger partial charge in [-0.3, -0.25) is 0 Å². The molecule has 1 aromatic heterocycles. The minimum Gasteiger partial charge on any atom is -0.246 e. The molecule has 0 saturated heterocycles. The topological polar surface area (TPSA) is 12.9 Å². The van der Waals surface area contributed by atoms with Crippen molar-refractivity contribution in [2.75, 3.05) is 0 Å². The fourth-order valence-electron chi connectivity index (χ4n) is 1.90. The quantitative estimate of drug-likeness (QED) is 0.616. The number of pyridine rings is 1. The number of para-hydroxylation sites is 1. The average molecular weight is 258 g/mol. The van der Waals surface area contributed by atoms with Gasteiger partial charge in [0.1, 0.15) is 5.82 Å². The molecule has 3 rings (SSSR count). The lowest BCUT2D eigenvalue weighted by atomic mass is 10.1. The monoisotopic (exact) mass is 257 g/mol. The Kier molecular flexibility index (Phi) is 2.73. The minimum atomic E-state index is -0.268. The van der Waals surface area contributed by atoms with Crippen LogP contribution in [0.15, 0.2) is 54.6 Å². The Morgan fingerprint density at radius 3 is 2.44 bits per heavy atom. The smallest absolute Gasteiger partial charge is 0.123 e. The van der Waals surface area contributed by atoms with Crippen LogP contribution in [0.3, 0.4) is 0 Å². The van der Waals surface area contributed by atoms with E-state index in [9.17, 15) is 4.39 Å². The lowest BCUT2D eigenvalue weighted by Gasteiger charge is -2.06. The zero-order valence-corrected chi connectivity index (χ0v) is 10.2. The van der Waals surface area contributed by atoms with E-state index in [-0.39, 0.29) is 5.82 Å². The van der Waals surface area contributed by atoms with Gasteiger partial charge in [0, 0.05) is 10.9 Å². The summed E-state index contributed by atoms with van der Waals surface area (Å²) in [5.41, 5.74) is 2.36. The Labute approximate surface area is 109 Å². The lowest BCUT2D eigenvalue weighted by Crippen LogP contribution is -1.87. The SMILES string of the molecule is Fc1ccc(-c2nc3ccccc3cc2Cl)cc1. The van der Waals surface area contributed by atoms with Gasteiger partial charge in [-0.25, -0.2) is 9.37 Å². The first-order valence-electron chi connectivity index (χ1n) is 5.55. The van der Waals surface area contributed by atoms with Crippen LogP contribution in [-0.4, -0.2) is 4.98 Å². The standard InChI is InChI=1S/C15H9ClFN/c16-13-9-11-3-1-2-4-14(11)18-15(13)10-5-7-12(17)8-6-10/h1-9H. The van der Waals surface area contributed by atoms with E-state index in [0.29, 0.717) is 10.7 Å². The molecule has 0 aliphatic heterocycles. The van der Waals surface area contributed by atoms with E-state index in [4.69, 9.17) is 11.6 Å². The molecule has 0 unspecified atom stereocenters. The molecule has 3 aromatic rings. The van der Waals surface area contributed by atoms with Gasteiger partial charge in [-0.1, -0.05) is 29.8 Å². The van der Waals surface area contributed by atoms with E-state index in [1.54, 1.807) is 12.1 Å². The number of aromatic nitrogens is 1. The van der Waals surface area contributed by atoms with Gasteiger partial charge in [-0.2, -0.15) is 0 Å². The van der Waals surface area contributed by atoms with E-state index in [0.717, 1.165) is 16.5 Å². The lowest BCUT2D eigenvalue weighted by molar-refractivity contribution is 0.628. The summed E-state index contributed by atoms with van der Waals surface area (Å²) in [4.78, 5) is 4.52. The molecular formula is C15H9ClFN. The number of rotatable bonds is 1. The van der Waals surface area contributed by atoms with Crippen LogP contribution in [0.4, 0.5) is 4.39 Å². The van der Waals surface area contributed by atoms with E-state index in [1.807, 2.05) is 30.3 Å². The van der Waals surface area contributed by atoms with Crippen molar-refractivity contribution >= 4 is 22.5 Å². The van der Waals surface area contributed by atoms with Crippen LogP contribution < -0.4 is 0 Å². The molecular weight excluding hydrogens is 249 g/mol. The summed E-state index contributed by atoms with van der Waals surface area (Å²) in [5, 5.41) is 1.56. The van der Waals surface area contributed by atoms with Crippen LogP contribution in [0.25, 0.3) is 22.2 Å². The van der Waals surface area contributed by atoms with Crippen LogP contribution in [0.1, 0.15) is 0 Å². The maximum atomic E-state index is 12.9. The van der Waals surface area contributed by atoms with Gasteiger partial charge in [-0.05, 0) is 36.4 Å². The molecule has 0 spiro atoms. The summed E-state index contributed by atoms with van der Waals surface area (Å²) in [6.07, 6.45) is 0. The third-order valence-corrected chi connectivity index (χ3v) is 3.08. The normalized spacial score (nSPS) is 10.8. The first kappa shape index (κ1) is 11.2. The third-order valence-electron chi connectivity index (χ3n) is 2.80. The maximum absolute atomic E-state index is 12.9. The molecule has 3 heteroatoms. The Bertz CT molecular complexity index is 707. The first-order chi connectivity index (χ1) is 8.74. The van der Waals surface area contributed by atoms with Crippen molar-refractivity contribution in [3.63, 3.8) is 0 Å². The summed E-state index contributed by atoms with van der Waals surface area (Å²) >= 11 is 6.22. The van der Waals surface area contributed by atoms with E-state index in [2.05, 4.69) is 4.98 Å². The number of halogens is 2. The molecule has 88 valence electrons. The Morgan fingerprint density at radius 1 is 0.944 bits per heavy atom. The number of hydrogen-bond acceptors (Lipinski definition) is 1. The highest BCUT2D eigenvalue weighted by Crippen LogP contribution is 2.29. The predicted octanol–water partition coefficient (Wildman–Crippen LogP) is 4.69. The molecule has 0 saturated carbocycles. The number of fused-ring (bicyclic) bond motifs is 1. The summed E-state index contributed by atoms with van der Waals surface area (Å²) in [6, 6.07) is 15.8. The molecule has 0 N–H and O–H groups in total. The van der Waals surface area contributed by atoms with Crippen molar-refractivity contribution < 1.29 is 4.39 Å². The summed E-state index contributed by atoms with van der Waals surface area (Å²) in [7, 11) is 0. The van der Waals surface area contributed by atoms with Crippen molar-refractivity contribution in [3.05, 3.63) is 65.4 Å².